The fourth-order valence-electron chi connectivity index (χ4n) is 4.13. The minimum atomic E-state index is -0.246. The van der Waals surface area contributed by atoms with Crippen LogP contribution in [-0.2, 0) is 4.79 Å². The van der Waals surface area contributed by atoms with Crippen molar-refractivity contribution in [2.45, 2.75) is 18.9 Å². The average molecular weight is 416 g/mol. The molecule has 1 fully saturated rings. The molecule has 5 heteroatoms. The predicted molar refractivity (Wildman–Crippen MR) is 122 cm³/mol. The Bertz CT molecular complexity index is 889. The number of amides is 1. The van der Waals surface area contributed by atoms with E-state index in [1.807, 2.05) is 71.6 Å². The summed E-state index contributed by atoms with van der Waals surface area (Å²) in [5, 5.41) is 3.36. The van der Waals surface area contributed by atoms with Gasteiger partial charge in [-0.25, -0.2) is 0 Å². The van der Waals surface area contributed by atoms with Gasteiger partial charge >= 0.3 is 0 Å². The van der Waals surface area contributed by atoms with Crippen molar-refractivity contribution in [2.24, 2.45) is 5.92 Å². The molecule has 4 rings (SSSR count). The second-order valence-electron chi connectivity index (χ2n) is 7.79. The fraction of sp³-hybridized carbons (Fsp3) is 0.308. The minimum absolute atomic E-state index is 0.0212. The molecule has 1 atom stereocenters. The molecule has 1 unspecified atom stereocenters. The van der Waals surface area contributed by atoms with Gasteiger partial charge < -0.3 is 15.0 Å². The van der Waals surface area contributed by atoms with Gasteiger partial charge in [-0.3, -0.25) is 9.78 Å². The summed E-state index contributed by atoms with van der Waals surface area (Å²) in [6.07, 6.45) is 3.51. The van der Waals surface area contributed by atoms with E-state index in [1.54, 1.807) is 6.20 Å². The van der Waals surface area contributed by atoms with Crippen LogP contribution in [0.2, 0.25) is 0 Å². The first-order valence-corrected chi connectivity index (χ1v) is 11.0. The number of rotatable bonds is 8. The van der Waals surface area contributed by atoms with Crippen molar-refractivity contribution in [2.75, 3.05) is 26.2 Å². The number of carbonyl (C=O) groups is 1. The third-order valence-electron chi connectivity index (χ3n) is 5.71. The molecule has 5 nitrogen and oxygen atoms in total. The molecular formula is C26H29N3O2. The van der Waals surface area contributed by atoms with Crippen LogP contribution in [-0.4, -0.2) is 42.0 Å². The van der Waals surface area contributed by atoms with Gasteiger partial charge in [-0.15, -0.1) is 0 Å². The molecule has 2 aromatic carbocycles. The lowest BCUT2D eigenvalue weighted by molar-refractivity contribution is -0.138. The Balaban J connectivity index is 1.63. The van der Waals surface area contributed by atoms with Crippen molar-refractivity contribution in [1.29, 1.82) is 0 Å². The Hall–Kier alpha value is -3.18. The monoisotopic (exact) mass is 415 g/mol. The van der Waals surface area contributed by atoms with Crippen LogP contribution in [0.25, 0.3) is 0 Å². The number of benzene rings is 2. The summed E-state index contributed by atoms with van der Waals surface area (Å²) >= 11 is 0. The van der Waals surface area contributed by atoms with Gasteiger partial charge in [-0.1, -0.05) is 54.6 Å². The molecule has 0 spiro atoms. The zero-order valence-corrected chi connectivity index (χ0v) is 17.7. The van der Waals surface area contributed by atoms with Crippen LogP contribution in [0.4, 0.5) is 0 Å². The molecule has 2 heterocycles. The summed E-state index contributed by atoms with van der Waals surface area (Å²) in [6.45, 7) is 2.68. The molecule has 0 bridgehead atoms. The molecule has 1 N–H and O–H groups in total. The molecule has 1 aliphatic rings. The Morgan fingerprint density at radius 1 is 0.968 bits per heavy atom. The lowest BCUT2D eigenvalue weighted by Gasteiger charge is -2.35. The number of nitrogens with one attached hydrogen (secondary N) is 1. The summed E-state index contributed by atoms with van der Waals surface area (Å²) < 4.78 is 5.97. The Labute approximate surface area is 184 Å². The van der Waals surface area contributed by atoms with E-state index in [2.05, 4.69) is 22.4 Å². The standard InChI is InChI=1S/C26H29N3O2/c30-26(22-14-17-27-18-15-22)29(19-20-31-23-11-5-2-6-12-23)25(21-9-3-1-4-10-21)24-13-7-8-16-28-24/h1-13,16,22,25,27H,14-15,17-20H2. The molecule has 1 saturated heterocycles. The van der Waals surface area contributed by atoms with E-state index in [0.717, 1.165) is 42.9 Å². The second kappa shape index (κ2) is 10.7. The topological polar surface area (TPSA) is 54.5 Å². The number of ether oxygens (including phenoxy) is 1. The van der Waals surface area contributed by atoms with Gasteiger partial charge in [-0.2, -0.15) is 0 Å². The van der Waals surface area contributed by atoms with Crippen molar-refractivity contribution in [3.63, 3.8) is 0 Å². The number of hydrogen-bond donors (Lipinski definition) is 1. The van der Waals surface area contributed by atoms with Crippen LogP contribution >= 0.6 is 0 Å². The summed E-state index contributed by atoms with van der Waals surface area (Å²) in [4.78, 5) is 20.3. The van der Waals surface area contributed by atoms with E-state index in [-0.39, 0.29) is 17.9 Å². The van der Waals surface area contributed by atoms with Gasteiger partial charge in [0.15, 0.2) is 0 Å². The highest BCUT2D eigenvalue weighted by molar-refractivity contribution is 5.80. The minimum Gasteiger partial charge on any atom is -0.492 e. The molecule has 0 aliphatic carbocycles. The van der Waals surface area contributed by atoms with E-state index >= 15 is 0 Å². The van der Waals surface area contributed by atoms with Crippen LogP contribution in [0.15, 0.2) is 85.1 Å². The molecular weight excluding hydrogens is 386 g/mol. The molecule has 0 saturated carbocycles. The highest BCUT2D eigenvalue weighted by Gasteiger charge is 2.32. The van der Waals surface area contributed by atoms with Gasteiger partial charge in [0.25, 0.3) is 0 Å². The maximum Gasteiger partial charge on any atom is 0.226 e. The number of piperidine rings is 1. The summed E-state index contributed by atoms with van der Waals surface area (Å²) in [5.41, 5.74) is 1.93. The highest BCUT2D eigenvalue weighted by Crippen LogP contribution is 2.30. The number of pyridine rings is 1. The van der Waals surface area contributed by atoms with E-state index in [4.69, 9.17) is 4.74 Å². The van der Waals surface area contributed by atoms with Crippen molar-refractivity contribution < 1.29 is 9.53 Å². The van der Waals surface area contributed by atoms with Crippen molar-refractivity contribution in [3.8, 4) is 5.75 Å². The van der Waals surface area contributed by atoms with Crippen molar-refractivity contribution in [3.05, 3.63) is 96.3 Å². The molecule has 0 radical (unpaired) electrons. The van der Waals surface area contributed by atoms with Crippen LogP contribution in [0.1, 0.15) is 30.1 Å². The van der Waals surface area contributed by atoms with Gasteiger partial charge in [0.2, 0.25) is 5.91 Å². The molecule has 3 aromatic rings. The normalized spacial score (nSPS) is 15.2. The number of aromatic nitrogens is 1. The molecule has 31 heavy (non-hydrogen) atoms. The Morgan fingerprint density at radius 2 is 1.65 bits per heavy atom. The van der Waals surface area contributed by atoms with Gasteiger partial charge in [0.1, 0.15) is 12.4 Å². The number of nitrogens with zero attached hydrogens (tertiary/aromatic N) is 2. The Kier molecular flexibility index (Phi) is 7.29. The number of para-hydroxylation sites is 1. The van der Waals surface area contributed by atoms with Gasteiger partial charge in [-0.05, 0) is 55.8 Å². The summed E-state index contributed by atoms with van der Waals surface area (Å²) in [7, 11) is 0. The van der Waals surface area contributed by atoms with Gasteiger partial charge in [0, 0.05) is 12.1 Å². The van der Waals surface area contributed by atoms with Crippen LogP contribution < -0.4 is 10.1 Å². The predicted octanol–water partition coefficient (Wildman–Crippen LogP) is 4.08. The van der Waals surface area contributed by atoms with E-state index in [0.29, 0.717) is 13.2 Å². The van der Waals surface area contributed by atoms with Crippen molar-refractivity contribution >= 4 is 5.91 Å². The Morgan fingerprint density at radius 3 is 2.32 bits per heavy atom. The number of carbonyl (C=O) groups excluding carboxylic acids is 1. The lowest BCUT2D eigenvalue weighted by Crippen LogP contribution is -2.45. The van der Waals surface area contributed by atoms with E-state index in [9.17, 15) is 4.79 Å². The molecule has 1 aromatic heterocycles. The average Bonchev–Trinajstić information content (AvgIpc) is 2.85. The van der Waals surface area contributed by atoms with Gasteiger partial charge in [0.05, 0.1) is 18.3 Å². The first-order chi connectivity index (χ1) is 15.3. The van der Waals surface area contributed by atoms with Crippen LogP contribution in [0.5, 0.6) is 5.75 Å². The fourth-order valence-corrected chi connectivity index (χ4v) is 4.13. The third-order valence-corrected chi connectivity index (χ3v) is 5.71. The molecule has 1 amide bonds. The first kappa shape index (κ1) is 21.1. The lowest BCUT2D eigenvalue weighted by atomic mass is 9.93. The third kappa shape index (κ3) is 5.50. The zero-order valence-electron chi connectivity index (χ0n) is 17.7. The highest BCUT2D eigenvalue weighted by atomic mass is 16.5. The van der Waals surface area contributed by atoms with Crippen molar-refractivity contribution in [1.82, 2.24) is 15.2 Å². The second-order valence-corrected chi connectivity index (χ2v) is 7.79. The summed E-state index contributed by atoms with van der Waals surface area (Å²) in [6, 6.07) is 25.5. The summed E-state index contributed by atoms with van der Waals surface area (Å²) in [5.74, 6) is 1.01. The zero-order chi connectivity index (χ0) is 21.3. The van der Waals surface area contributed by atoms with Crippen LogP contribution in [0, 0.1) is 5.92 Å². The maximum atomic E-state index is 13.7. The molecule has 1 aliphatic heterocycles. The van der Waals surface area contributed by atoms with Crippen LogP contribution in [0.3, 0.4) is 0 Å². The molecule has 160 valence electrons. The quantitative estimate of drug-likeness (QED) is 0.602. The largest absolute Gasteiger partial charge is 0.492 e. The van der Waals surface area contributed by atoms with E-state index in [1.165, 1.54) is 0 Å². The van der Waals surface area contributed by atoms with E-state index < -0.39 is 0 Å². The maximum absolute atomic E-state index is 13.7. The first-order valence-electron chi connectivity index (χ1n) is 11.0. The smallest absolute Gasteiger partial charge is 0.226 e. The SMILES string of the molecule is O=C(C1CCNCC1)N(CCOc1ccccc1)C(c1ccccc1)c1ccccn1. The number of hydrogen-bond acceptors (Lipinski definition) is 4.